The lowest BCUT2D eigenvalue weighted by molar-refractivity contribution is 0.400. The van der Waals surface area contributed by atoms with Crippen molar-refractivity contribution in [2.45, 2.75) is 6.54 Å². The standard InChI is InChI=1S/C10H14NO/c1-11(2)8-9-5-4-6-10(7-9)12-3/h4-7H,3,8H2,1-2H3. The van der Waals surface area contributed by atoms with Crippen molar-refractivity contribution in [3.05, 3.63) is 36.9 Å². The van der Waals surface area contributed by atoms with Gasteiger partial charge in [0.25, 0.3) is 0 Å². The Morgan fingerprint density at radius 3 is 2.75 bits per heavy atom. The van der Waals surface area contributed by atoms with E-state index in [4.69, 9.17) is 4.74 Å². The van der Waals surface area contributed by atoms with Crippen LogP contribution in [0.3, 0.4) is 0 Å². The molecule has 0 heterocycles. The molecule has 2 nitrogen and oxygen atoms in total. The van der Waals surface area contributed by atoms with E-state index in [1.165, 1.54) is 5.56 Å². The molecule has 0 bridgehead atoms. The van der Waals surface area contributed by atoms with Gasteiger partial charge in [-0.3, -0.25) is 0 Å². The highest BCUT2D eigenvalue weighted by molar-refractivity contribution is 5.28. The van der Waals surface area contributed by atoms with Crippen LogP contribution in [0, 0.1) is 7.11 Å². The molecule has 1 aromatic rings. The molecule has 0 atom stereocenters. The van der Waals surface area contributed by atoms with E-state index in [0.29, 0.717) is 0 Å². The highest BCUT2D eigenvalue weighted by Gasteiger charge is 1.96. The predicted octanol–water partition coefficient (Wildman–Crippen LogP) is 1.92. The molecule has 0 fully saturated rings. The van der Waals surface area contributed by atoms with Crippen LogP contribution in [0.15, 0.2) is 24.3 Å². The summed E-state index contributed by atoms with van der Waals surface area (Å²) in [4.78, 5) is 2.11. The van der Waals surface area contributed by atoms with Crippen LogP contribution in [0.1, 0.15) is 5.56 Å². The van der Waals surface area contributed by atoms with E-state index in [-0.39, 0.29) is 0 Å². The Morgan fingerprint density at radius 1 is 1.42 bits per heavy atom. The van der Waals surface area contributed by atoms with Crippen LogP contribution >= 0.6 is 0 Å². The maximum Gasteiger partial charge on any atom is 0.122 e. The van der Waals surface area contributed by atoms with E-state index < -0.39 is 0 Å². The quantitative estimate of drug-likeness (QED) is 0.676. The molecule has 0 unspecified atom stereocenters. The molecular weight excluding hydrogens is 150 g/mol. The van der Waals surface area contributed by atoms with Gasteiger partial charge >= 0.3 is 0 Å². The first-order chi connectivity index (χ1) is 5.72. The molecule has 2 heteroatoms. The van der Waals surface area contributed by atoms with Crippen LogP contribution in [0.5, 0.6) is 5.75 Å². The molecule has 0 N–H and O–H groups in total. The smallest absolute Gasteiger partial charge is 0.122 e. The molecule has 1 aromatic carbocycles. The van der Waals surface area contributed by atoms with Crippen molar-refractivity contribution in [3.8, 4) is 5.75 Å². The molecule has 0 aliphatic rings. The van der Waals surface area contributed by atoms with Gasteiger partial charge < -0.3 is 9.64 Å². The average Bonchev–Trinajstić information content (AvgIpc) is 2.03. The van der Waals surface area contributed by atoms with Crippen molar-refractivity contribution in [1.82, 2.24) is 4.90 Å². The third-order valence-electron chi connectivity index (χ3n) is 1.56. The Hall–Kier alpha value is -1.02. The second-order valence-corrected chi connectivity index (χ2v) is 3.03. The van der Waals surface area contributed by atoms with Gasteiger partial charge in [0, 0.05) is 6.54 Å². The second kappa shape index (κ2) is 4.12. The fourth-order valence-corrected chi connectivity index (χ4v) is 1.10. The maximum absolute atomic E-state index is 4.87. The Kier molecular flexibility index (Phi) is 3.11. The summed E-state index contributed by atoms with van der Waals surface area (Å²) in [6.07, 6.45) is 0. The lowest BCUT2D eigenvalue weighted by atomic mass is 10.2. The summed E-state index contributed by atoms with van der Waals surface area (Å²) in [5, 5.41) is 0. The van der Waals surface area contributed by atoms with E-state index in [1.54, 1.807) is 0 Å². The summed E-state index contributed by atoms with van der Waals surface area (Å²) < 4.78 is 4.87. The van der Waals surface area contributed by atoms with E-state index in [0.717, 1.165) is 12.3 Å². The average molecular weight is 164 g/mol. The van der Waals surface area contributed by atoms with Gasteiger partial charge in [0.15, 0.2) is 0 Å². The first-order valence-electron chi connectivity index (χ1n) is 3.88. The van der Waals surface area contributed by atoms with E-state index in [9.17, 15) is 0 Å². The molecular formula is C10H14NO. The molecule has 0 saturated heterocycles. The van der Waals surface area contributed by atoms with Crippen molar-refractivity contribution >= 4 is 0 Å². The second-order valence-electron chi connectivity index (χ2n) is 3.03. The third-order valence-corrected chi connectivity index (χ3v) is 1.56. The van der Waals surface area contributed by atoms with Crippen LogP contribution in [0.25, 0.3) is 0 Å². The number of hydrogen-bond acceptors (Lipinski definition) is 2. The molecule has 12 heavy (non-hydrogen) atoms. The Labute approximate surface area is 73.8 Å². The molecule has 0 aromatic heterocycles. The Bertz CT molecular complexity index is 245. The van der Waals surface area contributed by atoms with E-state index in [1.807, 2.05) is 32.3 Å². The van der Waals surface area contributed by atoms with Crippen molar-refractivity contribution in [1.29, 1.82) is 0 Å². The fraction of sp³-hybridized carbons (Fsp3) is 0.300. The summed E-state index contributed by atoms with van der Waals surface area (Å²) in [7, 11) is 7.44. The first kappa shape index (κ1) is 9.07. The zero-order chi connectivity index (χ0) is 8.97. The van der Waals surface area contributed by atoms with Crippen LogP contribution in [0.4, 0.5) is 0 Å². The first-order valence-corrected chi connectivity index (χ1v) is 3.88. The summed E-state index contributed by atoms with van der Waals surface area (Å²) in [6.45, 7) is 0.928. The van der Waals surface area contributed by atoms with E-state index in [2.05, 4.69) is 18.1 Å². The third kappa shape index (κ3) is 2.55. The molecule has 0 amide bonds. The minimum absolute atomic E-state index is 0.814. The highest BCUT2D eigenvalue weighted by atomic mass is 16.5. The van der Waals surface area contributed by atoms with Crippen molar-refractivity contribution < 1.29 is 4.74 Å². The molecule has 0 saturated carbocycles. The van der Waals surface area contributed by atoms with Gasteiger partial charge in [-0.2, -0.15) is 0 Å². The van der Waals surface area contributed by atoms with Gasteiger partial charge in [0.1, 0.15) is 12.9 Å². The Balaban J connectivity index is 2.72. The van der Waals surface area contributed by atoms with Gasteiger partial charge in [-0.25, -0.2) is 0 Å². The maximum atomic E-state index is 4.87. The minimum atomic E-state index is 0.814. The SMILES string of the molecule is [CH2]Oc1cccc(CN(C)C)c1. The van der Waals surface area contributed by atoms with Gasteiger partial charge in [-0.05, 0) is 31.8 Å². The minimum Gasteiger partial charge on any atom is -0.490 e. The summed E-state index contributed by atoms with van der Waals surface area (Å²) >= 11 is 0. The number of nitrogens with zero attached hydrogens (tertiary/aromatic N) is 1. The van der Waals surface area contributed by atoms with Crippen molar-refractivity contribution in [2.24, 2.45) is 0 Å². The van der Waals surface area contributed by atoms with Gasteiger partial charge in [-0.1, -0.05) is 12.1 Å². The molecule has 0 aliphatic heterocycles. The fourth-order valence-electron chi connectivity index (χ4n) is 1.10. The monoisotopic (exact) mass is 164 g/mol. The predicted molar refractivity (Wildman–Crippen MR) is 49.8 cm³/mol. The van der Waals surface area contributed by atoms with Gasteiger partial charge in [0.2, 0.25) is 0 Å². The lowest BCUT2D eigenvalue weighted by Crippen LogP contribution is -2.10. The molecule has 65 valence electrons. The van der Waals surface area contributed by atoms with Gasteiger partial charge in [-0.15, -0.1) is 0 Å². The molecule has 0 aliphatic carbocycles. The number of benzene rings is 1. The van der Waals surface area contributed by atoms with Crippen LogP contribution in [-0.4, -0.2) is 19.0 Å². The van der Waals surface area contributed by atoms with Gasteiger partial charge in [0.05, 0.1) is 0 Å². The number of ether oxygens (including phenoxy) is 1. The van der Waals surface area contributed by atoms with Crippen LogP contribution < -0.4 is 4.74 Å². The zero-order valence-corrected chi connectivity index (χ0v) is 7.58. The number of hydrogen-bond donors (Lipinski definition) is 0. The largest absolute Gasteiger partial charge is 0.490 e. The summed E-state index contributed by atoms with van der Waals surface area (Å²) in [5.74, 6) is 0.814. The summed E-state index contributed by atoms with van der Waals surface area (Å²) in [5.41, 5.74) is 1.24. The number of rotatable bonds is 3. The van der Waals surface area contributed by atoms with Crippen molar-refractivity contribution in [3.63, 3.8) is 0 Å². The van der Waals surface area contributed by atoms with Crippen molar-refractivity contribution in [2.75, 3.05) is 14.1 Å². The molecule has 1 rings (SSSR count). The van der Waals surface area contributed by atoms with Crippen LogP contribution in [0.2, 0.25) is 0 Å². The topological polar surface area (TPSA) is 12.5 Å². The summed E-state index contributed by atoms with van der Waals surface area (Å²) in [6, 6.07) is 7.93. The highest BCUT2D eigenvalue weighted by Crippen LogP contribution is 2.13. The normalized spacial score (nSPS) is 10.3. The molecule has 0 spiro atoms. The van der Waals surface area contributed by atoms with E-state index >= 15 is 0 Å². The zero-order valence-electron chi connectivity index (χ0n) is 7.58. The molecule has 1 radical (unpaired) electrons. The lowest BCUT2D eigenvalue weighted by Gasteiger charge is -2.09. The van der Waals surface area contributed by atoms with Crippen LogP contribution in [-0.2, 0) is 6.54 Å². The Morgan fingerprint density at radius 2 is 2.17 bits per heavy atom.